The van der Waals surface area contributed by atoms with E-state index in [0.29, 0.717) is 5.65 Å². The van der Waals surface area contributed by atoms with Crippen LogP contribution in [0.5, 0.6) is 0 Å². The molecule has 0 bridgehead atoms. The Balaban J connectivity index is 1.89. The van der Waals surface area contributed by atoms with Gasteiger partial charge in [0, 0.05) is 17.0 Å². The number of methoxy groups -OCH3 is 1. The average molecular weight is 317 g/mol. The van der Waals surface area contributed by atoms with Crippen LogP contribution in [0.2, 0.25) is 0 Å². The molecule has 0 unspecified atom stereocenters. The number of carbonyl (C=O) groups excluding carboxylic acids is 1. The molecule has 0 spiro atoms. The van der Waals surface area contributed by atoms with Crippen molar-refractivity contribution in [2.24, 2.45) is 0 Å². The third-order valence-electron chi connectivity index (χ3n) is 4.53. The van der Waals surface area contributed by atoms with Crippen LogP contribution in [0.15, 0.2) is 18.5 Å². The fraction of sp³-hybridized carbons (Fsp3) is 0.533. The van der Waals surface area contributed by atoms with E-state index in [1.165, 1.54) is 11.8 Å². The molecule has 0 atom stereocenters. The molecule has 1 aliphatic rings. The Morgan fingerprint density at radius 1 is 1.26 bits per heavy atom. The Kier molecular flexibility index (Phi) is 3.69. The molecule has 3 rings (SSSR count). The van der Waals surface area contributed by atoms with Crippen molar-refractivity contribution in [3.8, 4) is 0 Å². The molecule has 1 aliphatic heterocycles. The highest BCUT2D eigenvalue weighted by molar-refractivity contribution is 6.62. The molecule has 2 aromatic rings. The number of carbonyl (C=O) groups is 1. The summed E-state index contributed by atoms with van der Waals surface area (Å²) in [7, 11) is 0.874. The number of rotatable bonds is 3. The molecule has 0 aromatic carbocycles. The molecule has 1 saturated heterocycles. The molecule has 0 radical (unpaired) electrons. The molecule has 0 aliphatic carbocycles. The highest BCUT2D eigenvalue weighted by Crippen LogP contribution is 2.36. The van der Waals surface area contributed by atoms with Crippen molar-refractivity contribution in [2.75, 3.05) is 7.11 Å². The summed E-state index contributed by atoms with van der Waals surface area (Å²) in [6.45, 7) is 8.06. The molecule has 1 fully saturated rings. The van der Waals surface area contributed by atoms with Crippen LogP contribution in [-0.4, -0.2) is 46.2 Å². The molecule has 0 saturated carbocycles. The van der Waals surface area contributed by atoms with E-state index < -0.39 is 18.3 Å². The topological polar surface area (TPSA) is 75.5 Å². The summed E-state index contributed by atoms with van der Waals surface area (Å²) in [5.74, 6) is -0.369. The highest BCUT2D eigenvalue weighted by Gasteiger charge is 2.51. The second-order valence-electron chi connectivity index (χ2n) is 6.65. The van der Waals surface area contributed by atoms with Gasteiger partial charge in [-0.1, -0.05) is 0 Å². The Labute approximate surface area is 135 Å². The summed E-state index contributed by atoms with van der Waals surface area (Å²) in [4.78, 5) is 15.8. The second kappa shape index (κ2) is 5.31. The number of nitrogens with zero attached hydrogens (tertiary/aromatic N) is 3. The number of aromatic nitrogens is 3. The smallest absolute Gasteiger partial charge is 0.468 e. The Morgan fingerprint density at radius 3 is 2.52 bits per heavy atom. The normalized spacial score (nSPS) is 19.3. The number of ether oxygens (including phenoxy) is 1. The van der Waals surface area contributed by atoms with Crippen LogP contribution in [0.3, 0.4) is 0 Å². The monoisotopic (exact) mass is 317 g/mol. The minimum absolute atomic E-state index is 0.0306. The van der Waals surface area contributed by atoms with Crippen molar-refractivity contribution in [3.05, 3.63) is 18.5 Å². The summed E-state index contributed by atoms with van der Waals surface area (Å²) in [5, 5.41) is 5.00. The number of fused-ring (bicyclic) bond motifs is 1. The van der Waals surface area contributed by atoms with E-state index in [1.54, 1.807) is 12.4 Å². The maximum atomic E-state index is 11.4. The van der Waals surface area contributed by atoms with E-state index in [1.807, 2.05) is 33.8 Å². The lowest BCUT2D eigenvalue weighted by Gasteiger charge is -2.32. The Morgan fingerprint density at radius 2 is 1.91 bits per heavy atom. The largest absolute Gasteiger partial charge is 0.496 e. The maximum absolute atomic E-state index is 11.4. The van der Waals surface area contributed by atoms with Gasteiger partial charge in [0.2, 0.25) is 0 Å². The van der Waals surface area contributed by atoms with Gasteiger partial charge in [-0.05, 0) is 33.8 Å². The molecule has 3 heterocycles. The van der Waals surface area contributed by atoms with Gasteiger partial charge in [-0.3, -0.25) is 4.79 Å². The number of pyridine rings is 1. The van der Waals surface area contributed by atoms with Crippen LogP contribution in [-0.2, 0) is 25.4 Å². The first kappa shape index (κ1) is 16.0. The predicted octanol–water partition coefficient (Wildman–Crippen LogP) is 0.903. The number of esters is 1. The fourth-order valence-electron chi connectivity index (χ4n) is 2.40. The van der Waals surface area contributed by atoms with Gasteiger partial charge in [0.05, 0.1) is 24.5 Å². The highest BCUT2D eigenvalue weighted by atomic mass is 16.7. The van der Waals surface area contributed by atoms with Crippen LogP contribution in [0, 0.1) is 0 Å². The number of hydrogen-bond acceptors (Lipinski definition) is 6. The third-order valence-corrected chi connectivity index (χ3v) is 4.53. The molecular weight excluding hydrogens is 297 g/mol. The van der Waals surface area contributed by atoms with E-state index in [2.05, 4.69) is 14.8 Å². The fourth-order valence-corrected chi connectivity index (χ4v) is 2.40. The first-order chi connectivity index (χ1) is 10.7. The maximum Gasteiger partial charge on any atom is 0.496 e. The van der Waals surface area contributed by atoms with E-state index in [4.69, 9.17) is 9.31 Å². The first-order valence-electron chi connectivity index (χ1n) is 7.47. The van der Waals surface area contributed by atoms with Gasteiger partial charge in [-0.25, -0.2) is 9.67 Å². The summed E-state index contributed by atoms with van der Waals surface area (Å²) >= 11 is 0. The molecule has 0 N–H and O–H groups in total. The van der Waals surface area contributed by atoms with Crippen LogP contribution < -0.4 is 5.46 Å². The lowest BCUT2D eigenvalue weighted by molar-refractivity contribution is -0.141. The molecular formula is C15H20BN3O4. The third kappa shape index (κ3) is 2.72. The van der Waals surface area contributed by atoms with Crippen LogP contribution in [0.1, 0.15) is 27.7 Å². The molecule has 8 heteroatoms. The Hall–Kier alpha value is -1.93. The molecule has 2 aromatic heterocycles. The first-order valence-corrected chi connectivity index (χ1v) is 7.47. The van der Waals surface area contributed by atoms with Crippen molar-refractivity contribution in [2.45, 2.75) is 45.4 Å². The van der Waals surface area contributed by atoms with Crippen molar-refractivity contribution in [1.82, 2.24) is 14.8 Å². The van der Waals surface area contributed by atoms with E-state index in [0.717, 1.165) is 10.8 Å². The lowest BCUT2D eigenvalue weighted by atomic mass is 9.80. The number of hydrogen-bond donors (Lipinski definition) is 0. The minimum Gasteiger partial charge on any atom is -0.468 e. The molecule has 122 valence electrons. The van der Waals surface area contributed by atoms with Gasteiger partial charge in [0.15, 0.2) is 5.65 Å². The average Bonchev–Trinajstić information content (AvgIpc) is 2.97. The minimum atomic E-state index is -0.471. The quantitative estimate of drug-likeness (QED) is 0.618. The predicted molar refractivity (Wildman–Crippen MR) is 85.3 cm³/mol. The van der Waals surface area contributed by atoms with Gasteiger partial charge in [0.1, 0.15) is 6.54 Å². The van der Waals surface area contributed by atoms with Crippen molar-refractivity contribution in [3.63, 3.8) is 0 Å². The van der Waals surface area contributed by atoms with E-state index in [9.17, 15) is 4.79 Å². The van der Waals surface area contributed by atoms with Crippen LogP contribution in [0.4, 0.5) is 0 Å². The summed E-state index contributed by atoms with van der Waals surface area (Å²) in [6.07, 6.45) is 3.36. The zero-order valence-corrected chi connectivity index (χ0v) is 14.0. The Bertz CT molecular complexity index is 740. The zero-order valence-electron chi connectivity index (χ0n) is 14.0. The van der Waals surface area contributed by atoms with Crippen molar-refractivity contribution in [1.29, 1.82) is 0 Å². The summed E-state index contributed by atoms with van der Waals surface area (Å²) in [5.41, 5.74) is 0.646. The lowest BCUT2D eigenvalue weighted by Crippen LogP contribution is -2.41. The summed E-state index contributed by atoms with van der Waals surface area (Å²) < 4.78 is 18.2. The standard InChI is InChI=1S/C15H20BN3O4/c1-14(2)15(3,4)23-16(22-14)11-6-10-7-18-19(9-12(20)21-5)13(10)17-8-11/h6-8H,9H2,1-5H3. The van der Waals surface area contributed by atoms with Crippen LogP contribution >= 0.6 is 0 Å². The van der Waals surface area contributed by atoms with Gasteiger partial charge in [0.25, 0.3) is 0 Å². The van der Waals surface area contributed by atoms with Crippen molar-refractivity contribution < 1.29 is 18.8 Å². The van der Waals surface area contributed by atoms with Gasteiger partial charge >= 0.3 is 13.1 Å². The van der Waals surface area contributed by atoms with Gasteiger partial charge in [-0.15, -0.1) is 0 Å². The van der Waals surface area contributed by atoms with Crippen LogP contribution in [0.25, 0.3) is 11.0 Å². The van der Waals surface area contributed by atoms with E-state index in [-0.39, 0.29) is 12.5 Å². The molecule has 7 nitrogen and oxygen atoms in total. The zero-order chi connectivity index (χ0) is 16.8. The van der Waals surface area contributed by atoms with Crippen molar-refractivity contribution >= 4 is 29.6 Å². The van der Waals surface area contributed by atoms with Gasteiger partial charge < -0.3 is 14.0 Å². The second-order valence-corrected chi connectivity index (χ2v) is 6.65. The SMILES string of the molecule is COC(=O)Cn1ncc2cc(B3OC(C)(C)C(C)(C)O3)cnc21. The summed E-state index contributed by atoms with van der Waals surface area (Å²) in [6, 6.07) is 1.92. The van der Waals surface area contributed by atoms with E-state index >= 15 is 0 Å². The molecule has 0 amide bonds. The molecule has 23 heavy (non-hydrogen) atoms. The van der Waals surface area contributed by atoms with Gasteiger partial charge in [-0.2, -0.15) is 5.10 Å².